The largest absolute Gasteiger partial charge is 0.493 e. The monoisotopic (exact) mass is 411 g/mol. The molecule has 0 radical (unpaired) electrons. The van der Waals surface area contributed by atoms with Crippen LogP contribution in [0.4, 0.5) is 10.5 Å². The molecule has 3 rings (SSSR count). The van der Waals surface area contributed by atoms with Gasteiger partial charge in [-0.1, -0.05) is 12.1 Å². The van der Waals surface area contributed by atoms with Gasteiger partial charge in [-0.05, 0) is 61.7 Å². The van der Waals surface area contributed by atoms with Gasteiger partial charge in [-0.2, -0.15) is 0 Å². The molecule has 0 aromatic heterocycles. The molecule has 0 unspecified atom stereocenters. The van der Waals surface area contributed by atoms with Crippen LogP contribution in [-0.4, -0.2) is 38.2 Å². The van der Waals surface area contributed by atoms with Crippen molar-refractivity contribution in [3.05, 3.63) is 53.1 Å². The van der Waals surface area contributed by atoms with Crippen LogP contribution in [0, 0.1) is 13.8 Å². The highest BCUT2D eigenvalue weighted by Gasteiger charge is 2.31. The van der Waals surface area contributed by atoms with Crippen molar-refractivity contribution in [1.82, 2.24) is 10.6 Å². The van der Waals surface area contributed by atoms with Crippen molar-refractivity contribution in [2.45, 2.75) is 39.8 Å². The average molecular weight is 412 g/mol. The van der Waals surface area contributed by atoms with E-state index >= 15 is 0 Å². The van der Waals surface area contributed by atoms with Crippen molar-refractivity contribution in [3.8, 4) is 11.5 Å². The number of hydrogen-bond acceptors (Lipinski definition) is 4. The molecular weight excluding hydrogens is 382 g/mol. The summed E-state index contributed by atoms with van der Waals surface area (Å²) in [5.41, 5.74) is 4.09. The summed E-state index contributed by atoms with van der Waals surface area (Å²) in [6, 6.07) is 11.0. The Bertz CT molecular complexity index is 929. The highest BCUT2D eigenvalue weighted by atomic mass is 16.5. The maximum Gasteiger partial charge on any atom is 0.315 e. The van der Waals surface area contributed by atoms with Gasteiger partial charge < -0.3 is 25.0 Å². The van der Waals surface area contributed by atoms with Crippen molar-refractivity contribution in [1.29, 1.82) is 0 Å². The zero-order chi connectivity index (χ0) is 21.7. The number of carbonyl (C=O) groups is 2. The first-order chi connectivity index (χ1) is 14.4. The van der Waals surface area contributed by atoms with Gasteiger partial charge in [-0.3, -0.25) is 4.79 Å². The van der Waals surface area contributed by atoms with Crippen molar-refractivity contribution >= 4 is 17.6 Å². The minimum atomic E-state index is -0.302. The fourth-order valence-corrected chi connectivity index (χ4v) is 3.47. The van der Waals surface area contributed by atoms with Gasteiger partial charge in [0.25, 0.3) is 0 Å². The molecule has 1 saturated heterocycles. The van der Waals surface area contributed by atoms with Crippen molar-refractivity contribution in [2.24, 2.45) is 0 Å². The Morgan fingerprint density at radius 1 is 1.13 bits per heavy atom. The predicted molar refractivity (Wildman–Crippen MR) is 116 cm³/mol. The van der Waals surface area contributed by atoms with Gasteiger partial charge in [0.05, 0.1) is 19.8 Å². The molecule has 7 heteroatoms. The third-order valence-electron chi connectivity index (χ3n) is 5.24. The highest BCUT2D eigenvalue weighted by molar-refractivity contribution is 5.96. The van der Waals surface area contributed by atoms with Crippen LogP contribution in [0.3, 0.4) is 0 Å². The lowest BCUT2D eigenvalue weighted by Gasteiger charge is -2.18. The molecule has 2 aromatic carbocycles. The number of ether oxygens (including phenoxy) is 2. The van der Waals surface area contributed by atoms with Gasteiger partial charge in [-0.15, -0.1) is 0 Å². The second kappa shape index (κ2) is 9.52. The fourth-order valence-electron chi connectivity index (χ4n) is 3.47. The van der Waals surface area contributed by atoms with E-state index in [0.29, 0.717) is 31.2 Å². The molecule has 0 aliphatic carbocycles. The first-order valence-electron chi connectivity index (χ1n) is 10.1. The van der Waals surface area contributed by atoms with Crippen LogP contribution in [0.2, 0.25) is 0 Å². The second-order valence-corrected chi connectivity index (χ2v) is 7.42. The smallest absolute Gasteiger partial charge is 0.315 e. The average Bonchev–Trinajstić information content (AvgIpc) is 3.09. The Kier molecular flexibility index (Phi) is 6.82. The topological polar surface area (TPSA) is 79.9 Å². The Labute approximate surface area is 177 Å². The summed E-state index contributed by atoms with van der Waals surface area (Å²) < 4.78 is 10.8. The van der Waals surface area contributed by atoms with Crippen LogP contribution < -0.4 is 25.0 Å². The van der Waals surface area contributed by atoms with Crippen LogP contribution in [0.25, 0.3) is 0 Å². The molecule has 1 aliphatic heterocycles. The van der Waals surface area contributed by atoms with E-state index in [1.54, 1.807) is 12.0 Å². The molecule has 2 N–H and O–H groups in total. The van der Waals surface area contributed by atoms with Crippen molar-refractivity contribution < 1.29 is 19.1 Å². The molecule has 30 heavy (non-hydrogen) atoms. The molecule has 1 fully saturated rings. The van der Waals surface area contributed by atoms with E-state index in [-0.39, 0.29) is 24.4 Å². The third kappa shape index (κ3) is 5.03. The van der Waals surface area contributed by atoms with Gasteiger partial charge in [0, 0.05) is 25.2 Å². The number of urea groups is 1. The molecule has 2 aromatic rings. The predicted octanol–water partition coefficient (Wildman–Crippen LogP) is 3.32. The Morgan fingerprint density at radius 2 is 1.93 bits per heavy atom. The molecule has 0 bridgehead atoms. The second-order valence-electron chi connectivity index (χ2n) is 7.42. The lowest BCUT2D eigenvalue weighted by atomic mass is 10.1. The molecular formula is C23H29N3O4. The van der Waals surface area contributed by atoms with Crippen LogP contribution in [0.5, 0.6) is 11.5 Å². The molecule has 1 atom stereocenters. The van der Waals surface area contributed by atoms with E-state index < -0.39 is 0 Å². The lowest BCUT2D eigenvalue weighted by molar-refractivity contribution is -0.117. The van der Waals surface area contributed by atoms with Crippen LogP contribution >= 0.6 is 0 Å². The number of nitrogens with zero attached hydrogens (tertiary/aromatic N) is 1. The summed E-state index contributed by atoms with van der Waals surface area (Å²) >= 11 is 0. The molecule has 0 spiro atoms. The minimum Gasteiger partial charge on any atom is -0.493 e. The third-order valence-corrected chi connectivity index (χ3v) is 5.24. The van der Waals surface area contributed by atoms with Crippen molar-refractivity contribution in [3.63, 3.8) is 0 Å². The summed E-state index contributed by atoms with van der Waals surface area (Å²) in [4.78, 5) is 26.5. The molecule has 3 amide bonds. The van der Waals surface area contributed by atoms with E-state index in [2.05, 4.69) is 10.6 Å². The van der Waals surface area contributed by atoms with Crippen LogP contribution in [-0.2, 0) is 11.3 Å². The quantitative estimate of drug-likeness (QED) is 0.733. The molecule has 1 aliphatic rings. The summed E-state index contributed by atoms with van der Waals surface area (Å²) in [7, 11) is 1.59. The van der Waals surface area contributed by atoms with E-state index in [1.165, 1.54) is 5.56 Å². The maximum absolute atomic E-state index is 12.4. The van der Waals surface area contributed by atoms with Crippen molar-refractivity contribution in [2.75, 3.05) is 25.2 Å². The summed E-state index contributed by atoms with van der Waals surface area (Å²) in [6.45, 7) is 7.31. The zero-order valence-electron chi connectivity index (χ0n) is 18.0. The number of aryl methyl sites for hydroxylation is 2. The number of hydrogen-bond donors (Lipinski definition) is 2. The SMILES string of the molecule is CCOc1cc(CNC(=O)N[C@@H]2CC(=O)N(c3ccc(C)c(C)c3)C2)ccc1OC. The summed E-state index contributed by atoms with van der Waals surface area (Å²) in [6.07, 6.45) is 0.289. The van der Waals surface area contributed by atoms with Gasteiger partial charge in [0.1, 0.15) is 0 Å². The summed E-state index contributed by atoms with van der Waals surface area (Å²) in [5, 5.41) is 5.74. The molecule has 160 valence electrons. The maximum atomic E-state index is 12.4. The van der Waals surface area contributed by atoms with Gasteiger partial charge in [-0.25, -0.2) is 4.79 Å². The summed E-state index contributed by atoms with van der Waals surface area (Å²) in [5.74, 6) is 1.31. The lowest BCUT2D eigenvalue weighted by Crippen LogP contribution is -2.43. The van der Waals surface area contributed by atoms with E-state index in [1.807, 2.05) is 57.2 Å². The van der Waals surface area contributed by atoms with E-state index in [9.17, 15) is 9.59 Å². The number of rotatable bonds is 7. The zero-order valence-corrected chi connectivity index (χ0v) is 18.0. The molecule has 0 saturated carbocycles. The van der Waals surface area contributed by atoms with Gasteiger partial charge in [0.15, 0.2) is 11.5 Å². The Balaban J connectivity index is 1.55. The highest BCUT2D eigenvalue weighted by Crippen LogP contribution is 2.28. The van der Waals surface area contributed by atoms with Gasteiger partial charge >= 0.3 is 6.03 Å². The van der Waals surface area contributed by atoms with Crippen LogP contribution in [0.1, 0.15) is 30.0 Å². The number of nitrogens with one attached hydrogen (secondary N) is 2. The minimum absolute atomic E-state index is 0.0139. The fraction of sp³-hybridized carbons (Fsp3) is 0.391. The normalized spacial score (nSPS) is 15.8. The number of amides is 3. The van der Waals surface area contributed by atoms with E-state index in [0.717, 1.165) is 16.8 Å². The number of carbonyl (C=O) groups excluding carboxylic acids is 2. The van der Waals surface area contributed by atoms with E-state index in [4.69, 9.17) is 9.47 Å². The number of benzene rings is 2. The van der Waals surface area contributed by atoms with Crippen LogP contribution in [0.15, 0.2) is 36.4 Å². The number of anilines is 1. The number of methoxy groups -OCH3 is 1. The Hall–Kier alpha value is -3.22. The molecule has 1 heterocycles. The van der Waals surface area contributed by atoms with Gasteiger partial charge in [0.2, 0.25) is 5.91 Å². The molecule has 7 nitrogen and oxygen atoms in total. The standard InChI is InChI=1S/C23H29N3O4/c1-5-30-21-11-17(7-9-20(21)29-4)13-24-23(28)25-18-12-22(27)26(14-18)19-8-6-15(2)16(3)10-19/h6-11,18H,5,12-14H2,1-4H3,(H2,24,25,28)/t18-/m1/s1. The first-order valence-corrected chi connectivity index (χ1v) is 10.1. The first kappa shape index (κ1) is 21.5. The Morgan fingerprint density at radius 3 is 2.63 bits per heavy atom.